The second-order valence-electron chi connectivity index (χ2n) is 7.43. The molecule has 2 aromatic heterocycles. The molecule has 1 aliphatic heterocycles. The molecule has 4 aromatic rings. The summed E-state index contributed by atoms with van der Waals surface area (Å²) in [5.74, 6) is -0.273. The number of rotatable bonds is 3. The molecule has 0 radical (unpaired) electrons. The lowest BCUT2D eigenvalue weighted by Gasteiger charge is -2.44. The lowest BCUT2D eigenvalue weighted by molar-refractivity contribution is 0.448. The van der Waals surface area contributed by atoms with E-state index in [0.29, 0.717) is 26.0 Å². The maximum absolute atomic E-state index is 13.6. The van der Waals surface area contributed by atoms with Crippen molar-refractivity contribution in [3.63, 3.8) is 0 Å². The Hall–Kier alpha value is -2.89. The first-order valence-electron chi connectivity index (χ1n) is 9.71. The van der Waals surface area contributed by atoms with E-state index in [-0.39, 0.29) is 24.5 Å². The SMILES string of the molecule is O=c1c(N2Cc3ccc(Br)cc3S(O)(O)N2)c(O)c2cccnc2n1Cc1ccccc1. The van der Waals surface area contributed by atoms with E-state index in [9.17, 15) is 19.0 Å². The Bertz CT molecular complexity index is 1390. The van der Waals surface area contributed by atoms with Gasteiger partial charge in [-0.1, -0.05) is 63.1 Å². The summed E-state index contributed by atoms with van der Waals surface area (Å²) in [4.78, 5) is 20.9. The van der Waals surface area contributed by atoms with Crippen molar-refractivity contribution in [2.75, 3.05) is 5.01 Å². The fraction of sp³-hybridized carbons (Fsp3) is 0.0909. The van der Waals surface area contributed by atoms with Crippen molar-refractivity contribution in [2.24, 2.45) is 0 Å². The van der Waals surface area contributed by atoms with Crippen molar-refractivity contribution in [3.05, 3.63) is 92.8 Å². The van der Waals surface area contributed by atoms with Gasteiger partial charge < -0.3 is 5.11 Å². The number of nitrogens with zero attached hydrogens (tertiary/aromatic N) is 3. The van der Waals surface area contributed by atoms with Crippen molar-refractivity contribution in [1.82, 2.24) is 14.4 Å². The first-order valence-corrected chi connectivity index (χ1v) is 12.0. The van der Waals surface area contributed by atoms with E-state index in [1.807, 2.05) is 30.3 Å². The Morgan fingerprint density at radius 3 is 2.66 bits per heavy atom. The zero-order chi connectivity index (χ0) is 22.5. The van der Waals surface area contributed by atoms with E-state index in [2.05, 4.69) is 25.7 Å². The van der Waals surface area contributed by atoms with E-state index in [1.54, 1.807) is 36.5 Å². The molecular weight excluding hydrogens is 496 g/mol. The first kappa shape index (κ1) is 21.0. The van der Waals surface area contributed by atoms with Gasteiger partial charge in [0.25, 0.3) is 5.56 Å². The standard InChI is InChI=1S/C22H19BrN4O4S/c23-16-9-8-15-13-27(25-32(30,31)18(15)11-16)19-20(28)17-7-4-10-24-21(17)26(22(19)29)12-14-5-2-1-3-6-14/h1-11,25,28,30-31H,12-13H2. The van der Waals surface area contributed by atoms with Crippen molar-refractivity contribution < 1.29 is 14.2 Å². The van der Waals surface area contributed by atoms with Gasteiger partial charge in [-0.3, -0.25) is 23.5 Å². The molecule has 3 heterocycles. The quantitative estimate of drug-likeness (QED) is 0.319. The van der Waals surface area contributed by atoms with Crippen molar-refractivity contribution in [2.45, 2.75) is 18.0 Å². The monoisotopic (exact) mass is 514 g/mol. The highest BCUT2D eigenvalue weighted by molar-refractivity contribution is 9.10. The van der Waals surface area contributed by atoms with E-state index >= 15 is 0 Å². The van der Waals surface area contributed by atoms with Crippen LogP contribution in [0.3, 0.4) is 0 Å². The Morgan fingerprint density at radius 2 is 1.88 bits per heavy atom. The van der Waals surface area contributed by atoms with E-state index in [0.717, 1.165) is 5.56 Å². The summed E-state index contributed by atoms with van der Waals surface area (Å²) >= 11 is 3.34. The summed E-state index contributed by atoms with van der Waals surface area (Å²) in [5, 5.41) is 12.7. The summed E-state index contributed by atoms with van der Waals surface area (Å²) in [7, 11) is -3.45. The summed E-state index contributed by atoms with van der Waals surface area (Å²) in [6.07, 6.45) is 1.56. The second kappa shape index (κ2) is 7.91. The van der Waals surface area contributed by atoms with Crippen LogP contribution in [-0.2, 0) is 13.1 Å². The molecule has 0 atom stereocenters. The van der Waals surface area contributed by atoms with Gasteiger partial charge in [-0.15, -0.1) is 4.83 Å². The molecule has 10 heteroatoms. The molecule has 0 fully saturated rings. The predicted octanol–water partition coefficient (Wildman–Crippen LogP) is 4.46. The lowest BCUT2D eigenvalue weighted by Crippen LogP contribution is -2.46. The number of nitrogens with one attached hydrogen (secondary N) is 1. The lowest BCUT2D eigenvalue weighted by atomic mass is 10.1. The average Bonchev–Trinajstić information content (AvgIpc) is 2.78. The molecule has 0 spiro atoms. The highest BCUT2D eigenvalue weighted by Crippen LogP contribution is 2.51. The van der Waals surface area contributed by atoms with Gasteiger partial charge in [0.2, 0.25) is 0 Å². The minimum atomic E-state index is -3.45. The molecule has 0 unspecified atom stereocenters. The number of hydrogen-bond acceptors (Lipinski definition) is 7. The third kappa shape index (κ3) is 3.55. The molecule has 164 valence electrons. The topological polar surface area (TPSA) is 111 Å². The molecule has 32 heavy (non-hydrogen) atoms. The van der Waals surface area contributed by atoms with Crippen LogP contribution in [0, 0.1) is 0 Å². The molecule has 0 saturated carbocycles. The van der Waals surface area contributed by atoms with Crippen LogP contribution in [0.5, 0.6) is 5.75 Å². The van der Waals surface area contributed by atoms with Gasteiger partial charge in [0.1, 0.15) is 5.65 Å². The number of anilines is 1. The highest BCUT2D eigenvalue weighted by Gasteiger charge is 2.33. The van der Waals surface area contributed by atoms with Gasteiger partial charge in [0.05, 0.1) is 23.4 Å². The van der Waals surface area contributed by atoms with Crippen LogP contribution in [0.25, 0.3) is 11.0 Å². The number of pyridine rings is 2. The molecule has 8 nitrogen and oxygen atoms in total. The Morgan fingerprint density at radius 1 is 1.09 bits per heavy atom. The fourth-order valence-electron chi connectivity index (χ4n) is 3.86. The molecule has 4 N–H and O–H groups in total. The Balaban J connectivity index is 1.70. The van der Waals surface area contributed by atoms with Crippen molar-refractivity contribution in [3.8, 4) is 5.75 Å². The maximum atomic E-state index is 13.6. The molecule has 1 aliphatic rings. The van der Waals surface area contributed by atoms with Gasteiger partial charge in [-0.2, -0.15) is 0 Å². The summed E-state index contributed by atoms with van der Waals surface area (Å²) in [6.45, 7) is 0.395. The number of benzene rings is 2. The molecule has 0 amide bonds. The van der Waals surface area contributed by atoms with Crippen LogP contribution < -0.4 is 15.4 Å². The number of halogens is 1. The van der Waals surface area contributed by atoms with Crippen LogP contribution in [0.4, 0.5) is 5.69 Å². The molecule has 0 aliphatic carbocycles. The van der Waals surface area contributed by atoms with Gasteiger partial charge in [0, 0.05) is 10.7 Å². The van der Waals surface area contributed by atoms with Gasteiger partial charge in [-0.05, 0) is 35.4 Å². The zero-order valence-electron chi connectivity index (χ0n) is 16.6. The smallest absolute Gasteiger partial charge is 0.281 e. The molecule has 5 rings (SSSR count). The van der Waals surface area contributed by atoms with Gasteiger partial charge in [0.15, 0.2) is 11.4 Å². The van der Waals surface area contributed by atoms with E-state index in [1.165, 1.54) is 9.58 Å². The van der Waals surface area contributed by atoms with Crippen LogP contribution in [-0.4, -0.2) is 23.8 Å². The summed E-state index contributed by atoms with van der Waals surface area (Å²) < 4.78 is 23.7. The molecule has 0 saturated heterocycles. The highest BCUT2D eigenvalue weighted by atomic mass is 79.9. The number of aromatic hydroxyl groups is 1. The average molecular weight is 515 g/mol. The maximum Gasteiger partial charge on any atom is 0.281 e. The van der Waals surface area contributed by atoms with Crippen LogP contribution in [0.1, 0.15) is 11.1 Å². The van der Waals surface area contributed by atoms with Crippen LogP contribution in [0.15, 0.2) is 81.0 Å². The predicted molar refractivity (Wildman–Crippen MR) is 128 cm³/mol. The number of hydrazine groups is 1. The van der Waals surface area contributed by atoms with Crippen molar-refractivity contribution in [1.29, 1.82) is 0 Å². The molecule has 2 aromatic carbocycles. The third-order valence-corrected chi connectivity index (χ3v) is 7.29. The van der Waals surface area contributed by atoms with Gasteiger partial charge >= 0.3 is 0 Å². The fourth-order valence-corrected chi connectivity index (χ4v) is 5.72. The largest absolute Gasteiger partial charge is 0.505 e. The van der Waals surface area contributed by atoms with Gasteiger partial charge in [-0.25, -0.2) is 4.98 Å². The number of aromatic nitrogens is 2. The van der Waals surface area contributed by atoms with Crippen LogP contribution >= 0.6 is 26.7 Å². The van der Waals surface area contributed by atoms with E-state index < -0.39 is 16.3 Å². The Kier molecular flexibility index (Phi) is 5.19. The molecule has 0 bridgehead atoms. The minimum absolute atomic E-state index is 0.0741. The van der Waals surface area contributed by atoms with Crippen molar-refractivity contribution >= 4 is 43.4 Å². The third-order valence-electron chi connectivity index (χ3n) is 5.32. The number of hydrogen-bond donors (Lipinski definition) is 4. The summed E-state index contributed by atoms with van der Waals surface area (Å²) in [5.41, 5.74) is 1.29. The first-order chi connectivity index (χ1) is 15.3. The van der Waals surface area contributed by atoms with Crippen LogP contribution in [0.2, 0.25) is 0 Å². The second-order valence-corrected chi connectivity index (χ2v) is 10.1. The summed E-state index contributed by atoms with van der Waals surface area (Å²) in [6, 6.07) is 18.0. The normalized spacial score (nSPS) is 16.0. The Labute approximate surface area is 193 Å². The minimum Gasteiger partial charge on any atom is -0.505 e. The zero-order valence-corrected chi connectivity index (χ0v) is 19.0. The number of fused-ring (bicyclic) bond motifs is 2. The molecular formula is C22H19BrN4O4S. The van der Waals surface area contributed by atoms with E-state index in [4.69, 9.17) is 0 Å².